The zero-order chi connectivity index (χ0) is 16.5. The maximum Gasteiger partial charge on any atom is 0.231 e. The Morgan fingerprint density at radius 1 is 0.958 bits per heavy atom. The number of nitrogens with zero attached hydrogens (tertiary/aromatic N) is 2. The summed E-state index contributed by atoms with van der Waals surface area (Å²) in [4.78, 5) is 5.00. The van der Waals surface area contributed by atoms with Crippen LogP contribution in [0.25, 0.3) is 0 Å². The predicted molar refractivity (Wildman–Crippen MR) is 96.0 cm³/mol. The number of rotatable bonds is 3. The first kappa shape index (κ1) is 15.3. The Bertz CT molecular complexity index is 736. The molecule has 2 aromatic rings. The van der Waals surface area contributed by atoms with E-state index in [0.717, 1.165) is 44.2 Å². The number of aryl methyl sites for hydroxylation is 2. The Morgan fingerprint density at radius 3 is 2.58 bits per heavy atom. The molecule has 2 aromatic carbocycles. The van der Waals surface area contributed by atoms with Crippen LogP contribution < -0.4 is 14.4 Å². The smallest absolute Gasteiger partial charge is 0.231 e. The van der Waals surface area contributed by atoms with Crippen molar-refractivity contribution in [2.24, 2.45) is 0 Å². The highest BCUT2D eigenvalue weighted by molar-refractivity contribution is 5.54. The quantitative estimate of drug-likeness (QED) is 0.864. The predicted octanol–water partition coefficient (Wildman–Crippen LogP) is 3.35. The van der Waals surface area contributed by atoms with Gasteiger partial charge in [0.15, 0.2) is 11.5 Å². The summed E-state index contributed by atoms with van der Waals surface area (Å²) in [6.45, 7) is 9.89. The van der Waals surface area contributed by atoms with Gasteiger partial charge >= 0.3 is 0 Å². The molecule has 126 valence electrons. The van der Waals surface area contributed by atoms with E-state index in [1.807, 2.05) is 6.07 Å². The van der Waals surface area contributed by atoms with Crippen molar-refractivity contribution >= 4 is 5.69 Å². The Labute approximate surface area is 143 Å². The molecule has 0 aliphatic carbocycles. The average Bonchev–Trinajstić information content (AvgIpc) is 3.06. The molecule has 2 heterocycles. The number of piperazine rings is 1. The summed E-state index contributed by atoms with van der Waals surface area (Å²) in [6, 6.07) is 12.9. The topological polar surface area (TPSA) is 24.9 Å². The van der Waals surface area contributed by atoms with Gasteiger partial charge in [-0.3, -0.25) is 4.90 Å². The molecule has 4 rings (SSSR count). The van der Waals surface area contributed by atoms with E-state index in [1.165, 1.54) is 22.4 Å². The second-order valence-corrected chi connectivity index (χ2v) is 6.70. The molecule has 0 spiro atoms. The van der Waals surface area contributed by atoms with Gasteiger partial charge in [0.25, 0.3) is 0 Å². The largest absolute Gasteiger partial charge is 0.454 e. The van der Waals surface area contributed by atoms with Gasteiger partial charge in [-0.1, -0.05) is 29.8 Å². The van der Waals surface area contributed by atoms with Gasteiger partial charge in [-0.05, 0) is 31.5 Å². The number of anilines is 1. The Balaban J connectivity index is 1.41. The van der Waals surface area contributed by atoms with Crippen molar-refractivity contribution in [3.05, 3.63) is 53.1 Å². The van der Waals surface area contributed by atoms with Crippen LogP contribution in [0.3, 0.4) is 0 Å². The number of para-hydroxylation sites is 1. The summed E-state index contributed by atoms with van der Waals surface area (Å²) in [5.74, 6) is 1.80. The molecular formula is C20H24N2O2. The van der Waals surface area contributed by atoms with Crippen LogP contribution in [0.15, 0.2) is 36.4 Å². The molecule has 0 aromatic heterocycles. The highest BCUT2D eigenvalue weighted by atomic mass is 16.7. The number of hydrogen-bond acceptors (Lipinski definition) is 4. The fraction of sp³-hybridized carbons (Fsp3) is 0.400. The molecule has 0 amide bonds. The fourth-order valence-electron chi connectivity index (χ4n) is 3.66. The monoisotopic (exact) mass is 324 g/mol. The minimum absolute atomic E-state index is 0.340. The van der Waals surface area contributed by atoms with Crippen molar-refractivity contribution in [1.29, 1.82) is 0 Å². The van der Waals surface area contributed by atoms with E-state index in [2.05, 4.69) is 54.0 Å². The lowest BCUT2D eigenvalue weighted by atomic mass is 10.1. The third-order valence-corrected chi connectivity index (χ3v) is 4.94. The second kappa shape index (κ2) is 6.36. The van der Waals surface area contributed by atoms with Crippen LogP contribution in [0.4, 0.5) is 5.69 Å². The zero-order valence-corrected chi connectivity index (χ0v) is 14.4. The Kier molecular flexibility index (Phi) is 4.07. The van der Waals surface area contributed by atoms with E-state index in [-0.39, 0.29) is 0 Å². The minimum atomic E-state index is 0.340. The first-order valence-corrected chi connectivity index (χ1v) is 8.63. The zero-order valence-electron chi connectivity index (χ0n) is 14.4. The van der Waals surface area contributed by atoms with E-state index < -0.39 is 0 Å². The lowest BCUT2D eigenvalue weighted by Crippen LogP contribution is -2.46. The molecule has 0 atom stereocenters. The molecule has 24 heavy (non-hydrogen) atoms. The maximum absolute atomic E-state index is 5.63. The van der Waals surface area contributed by atoms with Crippen molar-refractivity contribution in [3.63, 3.8) is 0 Å². The number of fused-ring (bicyclic) bond motifs is 1. The van der Waals surface area contributed by atoms with Crippen LogP contribution in [0.2, 0.25) is 0 Å². The van der Waals surface area contributed by atoms with Gasteiger partial charge in [0.05, 0.1) is 0 Å². The van der Waals surface area contributed by atoms with Crippen LogP contribution in [0.1, 0.15) is 16.7 Å². The maximum atomic E-state index is 5.63. The van der Waals surface area contributed by atoms with Crippen molar-refractivity contribution in [2.75, 3.05) is 37.9 Å². The first-order chi connectivity index (χ1) is 11.7. The van der Waals surface area contributed by atoms with Crippen LogP contribution in [-0.2, 0) is 6.54 Å². The van der Waals surface area contributed by atoms with Gasteiger partial charge in [0.2, 0.25) is 6.79 Å². The average molecular weight is 324 g/mol. The standard InChI is InChI=1S/C20H24N2O2/c1-15-6-7-18(16(2)12-15)22-10-8-21(9-11-22)13-17-4-3-5-19-20(17)24-14-23-19/h3-7,12H,8-11,13-14H2,1-2H3. The molecule has 0 radical (unpaired) electrons. The van der Waals surface area contributed by atoms with E-state index in [1.54, 1.807) is 0 Å². The second-order valence-electron chi connectivity index (χ2n) is 6.70. The minimum Gasteiger partial charge on any atom is -0.454 e. The number of benzene rings is 2. The summed E-state index contributed by atoms with van der Waals surface area (Å²) < 4.78 is 11.1. The van der Waals surface area contributed by atoms with Gasteiger partial charge in [-0.25, -0.2) is 0 Å². The van der Waals surface area contributed by atoms with E-state index in [4.69, 9.17) is 9.47 Å². The van der Waals surface area contributed by atoms with E-state index in [0.29, 0.717) is 6.79 Å². The molecule has 4 nitrogen and oxygen atoms in total. The van der Waals surface area contributed by atoms with Crippen molar-refractivity contribution < 1.29 is 9.47 Å². The number of hydrogen-bond donors (Lipinski definition) is 0. The third kappa shape index (κ3) is 2.94. The summed E-state index contributed by atoms with van der Waals surface area (Å²) in [5, 5.41) is 0. The molecule has 2 aliphatic heterocycles. The Hall–Kier alpha value is -2.20. The highest BCUT2D eigenvalue weighted by Crippen LogP contribution is 2.36. The molecule has 1 saturated heterocycles. The molecule has 1 fully saturated rings. The molecular weight excluding hydrogens is 300 g/mol. The van der Waals surface area contributed by atoms with Gasteiger partial charge in [-0.15, -0.1) is 0 Å². The van der Waals surface area contributed by atoms with Gasteiger partial charge < -0.3 is 14.4 Å². The van der Waals surface area contributed by atoms with E-state index >= 15 is 0 Å². The SMILES string of the molecule is Cc1ccc(N2CCN(Cc3cccc4c3OCO4)CC2)c(C)c1. The van der Waals surface area contributed by atoms with Crippen LogP contribution >= 0.6 is 0 Å². The summed E-state index contributed by atoms with van der Waals surface area (Å²) in [6.07, 6.45) is 0. The van der Waals surface area contributed by atoms with Gasteiger partial charge in [0.1, 0.15) is 0 Å². The van der Waals surface area contributed by atoms with Crippen LogP contribution in [0.5, 0.6) is 11.5 Å². The summed E-state index contributed by atoms with van der Waals surface area (Å²) in [7, 11) is 0. The molecule has 0 N–H and O–H groups in total. The third-order valence-electron chi connectivity index (χ3n) is 4.94. The highest BCUT2D eigenvalue weighted by Gasteiger charge is 2.22. The van der Waals surface area contributed by atoms with Gasteiger partial charge in [0, 0.05) is 44.0 Å². The summed E-state index contributed by atoms with van der Waals surface area (Å²) >= 11 is 0. The molecule has 0 unspecified atom stereocenters. The molecule has 0 saturated carbocycles. The lowest BCUT2D eigenvalue weighted by Gasteiger charge is -2.37. The van der Waals surface area contributed by atoms with Crippen molar-refractivity contribution in [2.45, 2.75) is 20.4 Å². The van der Waals surface area contributed by atoms with Crippen LogP contribution in [-0.4, -0.2) is 37.9 Å². The fourth-order valence-corrected chi connectivity index (χ4v) is 3.66. The Morgan fingerprint density at radius 2 is 1.79 bits per heavy atom. The number of ether oxygens (including phenoxy) is 2. The van der Waals surface area contributed by atoms with E-state index in [9.17, 15) is 0 Å². The normalized spacial score (nSPS) is 17.3. The lowest BCUT2D eigenvalue weighted by molar-refractivity contribution is 0.171. The van der Waals surface area contributed by atoms with Crippen molar-refractivity contribution in [1.82, 2.24) is 4.90 Å². The van der Waals surface area contributed by atoms with Crippen LogP contribution in [0, 0.1) is 13.8 Å². The molecule has 2 aliphatic rings. The molecule has 4 heteroatoms. The van der Waals surface area contributed by atoms with Gasteiger partial charge in [-0.2, -0.15) is 0 Å². The first-order valence-electron chi connectivity index (χ1n) is 8.63. The summed E-state index contributed by atoms with van der Waals surface area (Å²) in [5.41, 5.74) is 5.30. The molecule has 0 bridgehead atoms. The van der Waals surface area contributed by atoms with Crippen molar-refractivity contribution in [3.8, 4) is 11.5 Å².